The molecule has 1 aromatic heterocycles. The first-order valence-corrected chi connectivity index (χ1v) is 10.4. The third-order valence-corrected chi connectivity index (χ3v) is 5.22. The van der Waals surface area contributed by atoms with E-state index in [1.54, 1.807) is 48.5 Å². The maximum Gasteiger partial charge on any atom is 0.295 e. The lowest BCUT2D eigenvalue weighted by atomic mass is 10.2. The summed E-state index contributed by atoms with van der Waals surface area (Å²) in [5, 5.41) is 7.78. The van der Waals surface area contributed by atoms with Crippen LogP contribution in [0, 0.1) is 5.82 Å². The minimum atomic E-state index is -0.531. The van der Waals surface area contributed by atoms with E-state index in [0.29, 0.717) is 45.2 Å². The zero-order valence-corrected chi connectivity index (χ0v) is 18.4. The molecule has 0 saturated carbocycles. The second-order valence-electron chi connectivity index (χ2n) is 6.69. The maximum atomic E-state index is 13.4. The summed E-state index contributed by atoms with van der Waals surface area (Å²) in [6.07, 6.45) is 0. The SMILES string of the molecule is CCOc1ccc(-n2nc(C(=O)Nc3ccc(Cl)c(Cl)c3)nc2-c2ccc(F)cc2)cc1. The molecule has 0 spiro atoms. The van der Waals surface area contributed by atoms with E-state index in [0.717, 1.165) is 0 Å². The minimum Gasteiger partial charge on any atom is -0.494 e. The normalized spacial score (nSPS) is 10.8. The van der Waals surface area contributed by atoms with Gasteiger partial charge in [0, 0.05) is 11.3 Å². The fourth-order valence-corrected chi connectivity index (χ4v) is 3.28. The topological polar surface area (TPSA) is 69.0 Å². The van der Waals surface area contributed by atoms with Crippen molar-refractivity contribution in [1.82, 2.24) is 14.8 Å². The van der Waals surface area contributed by atoms with Gasteiger partial charge in [0.15, 0.2) is 5.82 Å². The average molecular weight is 471 g/mol. The smallest absolute Gasteiger partial charge is 0.295 e. The fraction of sp³-hybridized carbons (Fsp3) is 0.0870. The zero-order chi connectivity index (χ0) is 22.7. The molecule has 4 rings (SSSR count). The first kappa shape index (κ1) is 21.8. The molecule has 9 heteroatoms. The van der Waals surface area contributed by atoms with E-state index in [1.165, 1.54) is 22.9 Å². The number of ether oxygens (including phenoxy) is 1. The Kier molecular flexibility index (Phi) is 6.39. The van der Waals surface area contributed by atoms with Crippen LogP contribution in [0.1, 0.15) is 17.5 Å². The molecule has 1 heterocycles. The van der Waals surface area contributed by atoms with E-state index >= 15 is 0 Å². The second kappa shape index (κ2) is 9.38. The van der Waals surface area contributed by atoms with Gasteiger partial charge in [-0.2, -0.15) is 0 Å². The molecule has 4 aromatic rings. The molecule has 162 valence electrons. The molecule has 0 unspecified atom stereocenters. The van der Waals surface area contributed by atoms with Crippen molar-refractivity contribution in [2.24, 2.45) is 0 Å². The number of hydrogen-bond acceptors (Lipinski definition) is 4. The van der Waals surface area contributed by atoms with Gasteiger partial charge in [-0.05, 0) is 73.7 Å². The van der Waals surface area contributed by atoms with E-state index < -0.39 is 5.91 Å². The molecule has 0 atom stereocenters. The molecule has 0 bridgehead atoms. The molecule has 6 nitrogen and oxygen atoms in total. The van der Waals surface area contributed by atoms with Crippen LogP contribution in [0.3, 0.4) is 0 Å². The van der Waals surface area contributed by atoms with Gasteiger partial charge in [0.05, 0.1) is 22.3 Å². The number of halogens is 3. The Morgan fingerprint density at radius 2 is 1.75 bits per heavy atom. The van der Waals surface area contributed by atoms with E-state index in [9.17, 15) is 9.18 Å². The molecule has 32 heavy (non-hydrogen) atoms. The Morgan fingerprint density at radius 3 is 2.41 bits per heavy atom. The Balaban J connectivity index is 1.72. The Bertz CT molecular complexity index is 1260. The highest BCUT2D eigenvalue weighted by Crippen LogP contribution is 2.26. The standard InChI is InChI=1S/C23H17Cl2FN4O2/c1-2-32-18-10-8-17(9-11-18)30-22(14-3-5-15(26)6-4-14)28-21(29-30)23(31)27-16-7-12-19(24)20(25)13-16/h3-13H,2H2,1H3,(H,27,31). The third kappa shape index (κ3) is 4.74. The van der Waals surface area contributed by atoms with Crippen molar-refractivity contribution in [3.8, 4) is 22.8 Å². The molecule has 0 saturated heterocycles. The van der Waals surface area contributed by atoms with Crippen LogP contribution in [-0.4, -0.2) is 27.3 Å². The van der Waals surface area contributed by atoms with Crippen LogP contribution in [-0.2, 0) is 0 Å². The molecular weight excluding hydrogens is 454 g/mol. The largest absolute Gasteiger partial charge is 0.494 e. The van der Waals surface area contributed by atoms with Crippen molar-refractivity contribution in [3.63, 3.8) is 0 Å². The highest BCUT2D eigenvalue weighted by molar-refractivity contribution is 6.42. The number of aromatic nitrogens is 3. The maximum absolute atomic E-state index is 13.4. The lowest BCUT2D eigenvalue weighted by Gasteiger charge is -2.08. The minimum absolute atomic E-state index is 0.0655. The Hall–Kier alpha value is -3.42. The molecule has 0 aliphatic heterocycles. The highest BCUT2D eigenvalue weighted by Gasteiger charge is 2.19. The van der Waals surface area contributed by atoms with Gasteiger partial charge in [0.25, 0.3) is 5.91 Å². The summed E-state index contributed by atoms with van der Waals surface area (Å²) in [5.41, 5.74) is 1.71. The number of benzene rings is 3. The molecule has 3 aromatic carbocycles. The van der Waals surface area contributed by atoms with E-state index in [4.69, 9.17) is 27.9 Å². The van der Waals surface area contributed by atoms with Crippen LogP contribution in [0.25, 0.3) is 17.1 Å². The zero-order valence-electron chi connectivity index (χ0n) is 16.8. The fourth-order valence-electron chi connectivity index (χ4n) is 2.99. The predicted molar refractivity (Wildman–Crippen MR) is 122 cm³/mol. The van der Waals surface area contributed by atoms with E-state index in [1.807, 2.05) is 6.92 Å². The van der Waals surface area contributed by atoms with Gasteiger partial charge in [-0.3, -0.25) is 4.79 Å². The van der Waals surface area contributed by atoms with Gasteiger partial charge in [-0.1, -0.05) is 23.2 Å². The van der Waals surface area contributed by atoms with Crippen LogP contribution in [0.5, 0.6) is 5.75 Å². The number of carbonyl (C=O) groups is 1. The molecule has 0 fully saturated rings. The lowest BCUT2D eigenvalue weighted by Crippen LogP contribution is -2.14. The number of nitrogens with zero attached hydrogens (tertiary/aromatic N) is 3. The molecule has 0 aliphatic carbocycles. The monoisotopic (exact) mass is 470 g/mol. The summed E-state index contributed by atoms with van der Waals surface area (Å²) in [7, 11) is 0. The number of amides is 1. The van der Waals surface area contributed by atoms with Gasteiger partial charge < -0.3 is 10.1 Å². The molecule has 0 radical (unpaired) electrons. The van der Waals surface area contributed by atoms with Crippen molar-refractivity contribution in [3.05, 3.63) is 88.4 Å². The van der Waals surface area contributed by atoms with Crippen LogP contribution in [0.15, 0.2) is 66.7 Å². The van der Waals surface area contributed by atoms with Crippen molar-refractivity contribution in [2.75, 3.05) is 11.9 Å². The number of nitrogens with one attached hydrogen (secondary N) is 1. The number of carbonyl (C=O) groups excluding carboxylic acids is 1. The predicted octanol–water partition coefficient (Wildman–Crippen LogP) is 6.03. The van der Waals surface area contributed by atoms with E-state index in [2.05, 4.69) is 15.4 Å². The molecule has 1 N–H and O–H groups in total. The Morgan fingerprint density at radius 1 is 1.03 bits per heavy atom. The highest BCUT2D eigenvalue weighted by atomic mass is 35.5. The van der Waals surface area contributed by atoms with Crippen molar-refractivity contribution in [1.29, 1.82) is 0 Å². The lowest BCUT2D eigenvalue weighted by molar-refractivity contribution is 0.101. The molecule has 1 amide bonds. The van der Waals surface area contributed by atoms with Crippen molar-refractivity contribution in [2.45, 2.75) is 6.92 Å². The van der Waals surface area contributed by atoms with Gasteiger partial charge >= 0.3 is 0 Å². The first-order valence-electron chi connectivity index (χ1n) is 9.67. The van der Waals surface area contributed by atoms with Gasteiger partial charge in [0.2, 0.25) is 5.82 Å². The summed E-state index contributed by atoms with van der Waals surface area (Å²) >= 11 is 11.9. The number of rotatable bonds is 6. The van der Waals surface area contributed by atoms with Gasteiger partial charge in [-0.15, -0.1) is 5.10 Å². The number of hydrogen-bond donors (Lipinski definition) is 1. The number of anilines is 1. The quantitative estimate of drug-likeness (QED) is 0.373. The Labute approximate surface area is 193 Å². The van der Waals surface area contributed by atoms with E-state index in [-0.39, 0.29) is 11.6 Å². The summed E-state index contributed by atoms with van der Waals surface area (Å²) in [6, 6.07) is 17.7. The van der Waals surface area contributed by atoms with Crippen LogP contribution in [0.4, 0.5) is 10.1 Å². The third-order valence-electron chi connectivity index (χ3n) is 4.48. The van der Waals surface area contributed by atoms with Crippen LogP contribution in [0.2, 0.25) is 10.0 Å². The van der Waals surface area contributed by atoms with Crippen LogP contribution < -0.4 is 10.1 Å². The van der Waals surface area contributed by atoms with Gasteiger partial charge in [-0.25, -0.2) is 14.1 Å². The summed E-state index contributed by atoms with van der Waals surface area (Å²) in [6.45, 7) is 2.44. The molecule has 0 aliphatic rings. The summed E-state index contributed by atoms with van der Waals surface area (Å²) < 4.78 is 20.4. The molecular formula is C23H17Cl2FN4O2. The van der Waals surface area contributed by atoms with Gasteiger partial charge in [0.1, 0.15) is 11.6 Å². The summed E-state index contributed by atoms with van der Waals surface area (Å²) in [5.74, 6) is 0.116. The second-order valence-corrected chi connectivity index (χ2v) is 7.50. The van der Waals surface area contributed by atoms with Crippen molar-refractivity contribution < 1.29 is 13.9 Å². The first-order chi connectivity index (χ1) is 15.4. The van der Waals surface area contributed by atoms with Crippen molar-refractivity contribution >= 4 is 34.8 Å². The van der Waals surface area contributed by atoms with Crippen LogP contribution >= 0.6 is 23.2 Å². The summed E-state index contributed by atoms with van der Waals surface area (Å²) in [4.78, 5) is 17.2. The average Bonchev–Trinajstić information content (AvgIpc) is 3.23.